The highest BCUT2D eigenvalue weighted by Crippen LogP contribution is 2.34. The number of halogens is 3. The largest absolute Gasteiger partial charge is 0.492 e. The fourth-order valence-corrected chi connectivity index (χ4v) is 3.28. The second-order valence-electron chi connectivity index (χ2n) is 4.28. The number of nitrogens with one attached hydrogen (secondary N) is 1. The fourth-order valence-electron chi connectivity index (χ4n) is 1.77. The first-order valence-corrected chi connectivity index (χ1v) is 8.20. The van der Waals surface area contributed by atoms with Crippen molar-refractivity contribution in [3.63, 3.8) is 0 Å². The molecule has 0 aliphatic carbocycles. The molecule has 0 saturated carbocycles. The van der Waals surface area contributed by atoms with Gasteiger partial charge in [0.1, 0.15) is 5.75 Å². The van der Waals surface area contributed by atoms with E-state index < -0.39 is 0 Å². The number of unbranched alkanes of at least 4 members (excludes halogenated alkanes) is 2. The lowest BCUT2D eigenvalue weighted by Crippen LogP contribution is -2.14. The summed E-state index contributed by atoms with van der Waals surface area (Å²) in [6.07, 6.45) is 3.06. The van der Waals surface area contributed by atoms with E-state index in [0.717, 1.165) is 47.0 Å². The molecule has 20 heavy (non-hydrogen) atoms. The Labute approximate surface area is 144 Å². The monoisotopic (exact) mass is 429 g/mol. The van der Waals surface area contributed by atoms with Crippen molar-refractivity contribution in [1.82, 2.24) is 5.32 Å². The zero-order valence-electron chi connectivity index (χ0n) is 11.6. The van der Waals surface area contributed by atoms with Crippen LogP contribution >= 0.6 is 44.3 Å². The Morgan fingerprint density at radius 3 is 2.35 bits per heavy atom. The molecule has 1 aromatic carbocycles. The van der Waals surface area contributed by atoms with Crippen LogP contribution in [0.2, 0.25) is 0 Å². The van der Waals surface area contributed by atoms with Crippen LogP contribution in [-0.2, 0) is 6.54 Å². The van der Waals surface area contributed by atoms with Gasteiger partial charge in [-0.05, 0) is 82.3 Å². The molecule has 0 saturated heterocycles. The van der Waals surface area contributed by atoms with Gasteiger partial charge in [-0.2, -0.15) is 0 Å². The Balaban J connectivity index is 0.00000361. The van der Waals surface area contributed by atoms with Crippen LogP contribution in [0.4, 0.5) is 0 Å². The molecule has 3 nitrogen and oxygen atoms in total. The first-order chi connectivity index (χ1) is 9.19. The molecular formula is C14H22Br2ClNO2. The molecule has 0 spiro atoms. The van der Waals surface area contributed by atoms with Crippen molar-refractivity contribution in [2.24, 2.45) is 0 Å². The van der Waals surface area contributed by atoms with Gasteiger partial charge in [0.05, 0.1) is 15.6 Å². The molecular weight excluding hydrogens is 409 g/mol. The van der Waals surface area contributed by atoms with Gasteiger partial charge in [-0.25, -0.2) is 0 Å². The zero-order chi connectivity index (χ0) is 14.1. The maximum atomic E-state index is 8.69. The van der Waals surface area contributed by atoms with Gasteiger partial charge in [-0.15, -0.1) is 12.4 Å². The predicted octanol–water partition coefficient (Wildman–Crippen LogP) is 4.28. The van der Waals surface area contributed by atoms with Crippen molar-refractivity contribution >= 4 is 44.3 Å². The van der Waals surface area contributed by atoms with Crippen molar-refractivity contribution in [3.05, 3.63) is 26.6 Å². The molecule has 1 aromatic rings. The summed E-state index contributed by atoms with van der Waals surface area (Å²) in [6, 6.07) is 4.16. The first-order valence-electron chi connectivity index (χ1n) is 6.61. The second-order valence-corrected chi connectivity index (χ2v) is 5.99. The van der Waals surface area contributed by atoms with E-state index >= 15 is 0 Å². The number of rotatable bonds is 9. The minimum absolute atomic E-state index is 0. The van der Waals surface area contributed by atoms with E-state index in [0.29, 0.717) is 13.2 Å². The molecule has 0 fully saturated rings. The molecule has 0 radical (unpaired) electrons. The van der Waals surface area contributed by atoms with Gasteiger partial charge in [0.25, 0.3) is 0 Å². The Kier molecular flexibility index (Phi) is 11.9. The van der Waals surface area contributed by atoms with Gasteiger partial charge < -0.3 is 15.2 Å². The van der Waals surface area contributed by atoms with E-state index in [-0.39, 0.29) is 12.4 Å². The first kappa shape index (κ1) is 20.2. The van der Waals surface area contributed by atoms with Crippen molar-refractivity contribution in [1.29, 1.82) is 0 Å². The summed E-state index contributed by atoms with van der Waals surface area (Å²) < 4.78 is 7.50. The standard InChI is InChI=1S/C14H21Br2NO2.ClH/c1-2-19-14-12(15)8-11(9-13(14)16)10-17-6-4-3-5-7-18;/h8-9,17-18H,2-7,10H2,1H3;1H. The highest BCUT2D eigenvalue weighted by Gasteiger charge is 2.08. The molecule has 6 heteroatoms. The van der Waals surface area contributed by atoms with Crippen LogP contribution < -0.4 is 10.1 Å². The molecule has 0 amide bonds. The average molecular weight is 432 g/mol. The predicted molar refractivity (Wildman–Crippen MR) is 92.9 cm³/mol. The van der Waals surface area contributed by atoms with Crippen LogP contribution in [0.15, 0.2) is 21.1 Å². The van der Waals surface area contributed by atoms with Gasteiger partial charge in [-0.3, -0.25) is 0 Å². The molecule has 0 bridgehead atoms. The maximum Gasteiger partial charge on any atom is 0.147 e. The number of aliphatic hydroxyl groups is 1. The number of hydrogen-bond donors (Lipinski definition) is 2. The van der Waals surface area contributed by atoms with Gasteiger partial charge in [0.2, 0.25) is 0 Å². The smallest absolute Gasteiger partial charge is 0.147 e. The third kappa shape index (κ3) is 7.27. The minimum Gasteiger partial charge on any atom is -0.492 e. The summed E-state index contributed by atoms with van der Waals surface area (Å²) >= 11 is 7.06. The molecule has 1 rings (SSSR count). The van der Waals surface area contributed by atoms with Gasteiger partial charge >= 0.3 is 0 Å². The molecule has 0 aromatic heterocycles. The van der Waals surface area contributed by atoms with Crippen LogP contribution in [0.5, 0.6) is 5.75 Å². The number of hydrogen-bond acceptors (Lipinski definition) is 3. The Bertz CT molecular complexity index is 368. The SMILES string of the molecule is CCOc1c(Br)cc(CNCCCCCO)cc1Br.Cl. The van der Waals surface area contributed by atoms with E-state index in [1.54, 1.807) is 0 Å². The lowest BCUT2D eigenvalue weighted by Gasteiger charge is -2.11. The zero-order valence-corrected chi connectivity index (χ0v) is 15.6. The summed E-state index contributed by atoms with van der Waals surface area (Å²) in [7, 11) is 0. The fraction of sp³-hybridized carbons (Fsp3) is 0.571. The van der Waals surface area contributed by atoms with Gasteiger partial charge in [-0.1, -0.05) is 0 Å². The Morgan fingerprint density at radius 2 is 1.80 bits per heavy atom. The number of ether oxygens (including phenoxy) is 1. The van der Waals surface area contributed by atoms with Crippen LogP contribution in [0.1, 0.15) is 31.7 Å². The topological polar surface area (TPSA) is 41.5 Å². The lowest BCUT2D eigenvalue weighted by atomic mass is 10.2. The van der Waals surface area contributed by atoms with Crippen LogP contribution in [0.25, 0.3) is 0 Å². The lowest BCUT2D eigenvalue weighted by molar-refractivity contribution is 0.283. The van der Waals surface area contributed by atoms with Gasteiger partial charge in [0, 0.05) is 13.2 Å². The molecule has 0 unspecified atom stereocenters. The minimum atomic E-state index is 0. The van der Waals surface area contributed by atoms with Crippen molar-refractivity contribution in [2.45, 2.75) is 32.7 Å². The van der Waals surface area contributed by atoms with E-state index in [1.165, 1.54) is 5.56 Å². The molecule has 0 aliphatic rings. The average Bonchev–Trinajstić information content (AvgIpc) is 2.38. The number of aliphatic hydroxyl groups excluding tert-OH is 1. The van der Waals surface area contributed by atoms with E-state index in [4.69, 9.17) is 9.84 Å². The maximum absolute atomic E-state index is 8.69. The third-order valence-electron chi connectivity index (χ3n) is 2.69. The molecule has 116 valence electrons. The van der Waals surface area contributed by atoms with E-state index in [1.807, 2.05) is 6.92 Å². The van der Waals surface area contributed by atoms with Crippen molar-refractivity contribution in [2.75, 3.05) is 19.8 Å². The summed E-state index contributed by atoms with van der Waals surface area (Å²) in [6.45, 7) is 4.73. The highest BCUT2D eigenvalue weighted by atomic mass is 79.9. The van der Waals surface area contributed by atoms with E-state index in [2.05, 4.69) is 49.3 Å². The summed E-state index contributed by atoms with van der Waals surface area (Å²) in [5.41, 5.74) is 1.21. The van der Waals surface area contributed by atoms with E-state index in [9.17, 15) is 0 Å². The van der Waals surface area contributed by atoms with Gasteiger partial charge in [0.15, 0.2) is 0 Å². The van der Waals surface area contributed by atoms with Crippen LogP contribution in [-0.4, -0.2) is 24.9 Å². The Hall–Kier alpha value is 0.190. The van der Waals surface area contributed by atoms with Crippen LogP contribution in [0.3, 0.4) is 0 Å². The summed E-state index contributed by atoms with van der Waals surface area (Å²) in [4.78, 5) is 0. The Morgan fingerprint density at radius 1 is 1.15 bits per heavy atom. The molecule has 0 aliphatic heterocycles. The highest BCUT2D eigenvalue weighted by molar-refractivity contribution is 9.11. The summed E-state index contributed by atoms with van der Waals surface area (Å²) in [5.74, 6) is 0.856. The number of benzene rings is 1. The third-order valence-corrected chi connectivity index (χ3v) is 3.87. The van der Waals surface area contributed by atoms with Crippen LogP contribution in [0, 0.1) is 0 Å². The normalized spacial score (nSPS) is 10.2. The summed E-state index contributed by atoms with van der Waals surface area (Å²) in [5, 5.41) is 12.1. The second kappa shape index (κ2) is 11.8. The molecule has 2 N–H and O–H groups in total. The quantitative estimate of drug-likeness (QED) is 0.574. The molecule has 0 heterocycles. The van der Waals surface area contributed by atoms with Crippen molar-refractivity contribution in [3.8, 4) is 5.75 Å². The van der Waals surface area contributed by atoms with Crippen molar-refractivity contribution < 1.29 is 9.84 Å². The molecule has 0 atom stereocenters.